The second kappa shape index (κ2) is 5.60. The van der Waals surface area contributed by atoms with Gasteiger partial charge in [-0.1, -0.05) is 0 Å². The molecule has 0 fully saturated rings. The number of aromatic nitrogens is 1. The minimum Gasteiger partial charge on any atom is -0.497 e. The molecule has 2 rings (SSSR count). The first kappa shape index (κ1) is 13.9. The Kier molecular flexibility index (Phi) is 3.88. The molecule has 1 N–H and O–H groups in total. The second-order valence-electron chi connectivity index (χ2n) is 4.32. The van der Waals surface area contributed by atoms with E-state index in [4.69, 9.17) is 9.15 Å². The summed E-state index contributed by atoms with van der Waals surface area (Å²) in [5.74, 6) is 1.70. The molecule has 7 nitrogen and oxygen atoms in total. The summed E-state index contributed by atoms with van der Waals surface area (Å²) in [6.07, 6.45) is 1.60. The Labute approximate surface area is 115 Å². The number of ether oxygens (including phenoxy) is 1. The zero-order valence-corrected chi connectivity index (χ0v) is 11.4. The maximum atomic E-state index is 11.0. The van der Waals surface area contributed by atoms with Crippen LogP contribution in [0.2, 0.25) is 0 Å². The summed E-state index contributed by atoms with van der Waals surface area (Å²) >= 11 is 0. The van der Waals surface area contributed by atoms with Crippen LogP contribution in [0.25, 0.3) is 0 Å². The molecule has 0 spiro atoms. The molecule has 106 valence electrons. The van der Waals surface area contributed by atoms with Gasteiger partial charge in [0.25, 0.3) is 5.69 Å². The molecule has 0 bridgehead atoms. The highest BCUT2D eigenvalue weighted by atomic mass is 16.6. The van der Waals surface area contributed by atoms with Gasteiger partial charge >= 0.3 is 0 Å². The van der Waals surface area contributed by atoms with Crippen LogP contribution in [0.15, 0.2) is 28.8 Å². The van der Waals surface area contributed by atoms with Gasteiger partial charge in [0.05, 0.1) is 18.2 Å². The van der Waals surface area contributed by atoms with E-state index in [9.17, 15) is 10.1 Å². The molecular weight excluding hydrogens is 262 g/mol. The summed E-state index contributed by atoms with van der Waals surface area (Å²) < 4.78 is 10.5. The molecule has 0 aliphatic rings. The van der Waals surface area contributed by atoms with E-state index in [2.05, 4.69) is 10.3 Å². The van der Waals surface area contributed by atoms with Gasteiger partial charge in [-0.2, -0.15) is 0 Å². The van der Waals surface area contributed by atoms with Crippen molar-refractivity contribution >= 4 is 11.4 Å². The number of oxazole rings is 1. The van der Waals surface area contributed by atoms with Crippen molar-refractivity contribution in [1.29, 1.82) is 0 Å². The largest absolute Gasteiger partial charge is 0.497 e. The fraction of sp³-hybridized carbons (Fsp3) is 0.308. The number of nitrogens with one attached hydrogen (secondary N) is 1. The maximum Gasteiger partial charge on any atom is 0.292 e. The molecule has 0 aliphatic carbocycles. The van der Waals surface area contributed by atoms with Gasteiger partial charge in [-0.3, -0.25) is 10.1 Å². The van der Waals surface area contributed by atoms with Crippen molar-refractivity contribution in [2.45, 2.75) is 19.9 Å². The highest BCUT2D eigenvalue weighted by Gasteiger charge is 2.19. The van der Waals surface area contributed by atoms with Crippen molar-refractivity contribution in [2.24, 2.45) is 0 Å². The molecule has 0 radical (unpaired) electrons. The lowest BCUT2D eigenvalue weighted by Gasteiger charge is -2.13. The molecule has 0 aliphatic heterocycles. The van der Waals surface area contributed by atoms with Crippen molar-refractivity contribution in [1.82, 2.24) is 4.98 Å². The molecule has 0 amide bonds. The molecule has 1 aromatic heterocycles. The van der Waals surface area contributed by atoms with Gasteiger partial charge in [-0.25, -0.2) is 4.98 Å². The highest BCUT2D eigenvalue weighted by Crippen LogP contribution is 2.31. The molecule has 2 aromatic rings. The first-order chi connectivity index (χ1) is 9.51. The minimum absolute atomic E-state index is 0.0269. The number of hydrogen-bond donors (Lipinski definition) is 1. The van der Waals surface area contributed by atoms with E-state index in [0.29, 0.717) is 23.1 Å². The number of rotatable bonds is 5. The Morgan fingerprint density at radius 1 is 1.50 bits per heavy atom. The van der Waals surface area contributed by atoms with E-state index >= 15 is 0 Å². The average molecular weight is 277 g/mol. The standard InChI is InChI=1S/C13H15N3O4/c1-8-7-14-13(20-8)9(2)15-11-6-10(19-3)4-5-12(11)16(17)18/h4-7,9,15H,1-3H3. The third kappa shape index (κ3) is 2.87. The molecule has 0 saturated heterocycles. The van der Waals surface area contributed by atoms with Crippen LogP contribution in [0.1, 0.15) is 24.6 Å². The summed E-state index contributed by atoms with van der Waals surface area (Å²) in [6, 6.07) is 4.22. The zero-order chi connectivity index (χ0) is 14.7. The molecule has 0 saturated carbocycles. The smallest absolute Gasteiger partial charge is 0.292 e. The molecule has 1 aromatic carbocycles. The molecule has 1 unspecified atom stereocenters. The summed E-state index contributed by atoms with van der Waals surface area (Å²) in [4.78, 5) is 14.7. The van der Waals surface area contributed by atoms with Gasteiger partial charge in [0, 0.05) is 12.1 Å². The van der Waals surface area contributed by atoms with Gasteiger partial charge in [0.1, 0.15) is 23.2 Å². The quantitative estimate of drug-likeness (QED) is 0.667. The molecule has 7 heteroatoms. The minimum atomic E-state index is -0.449. The lowest BCUT2D eigenvalue weighted by atomic mass is 10.2. The Balaban J connectivity index is 2.29. The van der Waals surface area contributed by atoms with Crippen LogP contribution >= 0.6 is 0 Å². The van der Waals surface area contributed by atoms with Crippen LogP contribution in [0.4, 0.5) is 11.4 Å². The summed E-state index contributed by atoms with van der Waals surface area (Å²) in [5, 5.41) is 14.0. The Morgan fingerprint density at radius 3 is 2.80 bits per heavy atom. The molecule has 1 heterocycles. The number of benzene rings is 1. The Morgan fingerprint density at radius 2 is 2.25 bits per heavy atom. The van der Waals surface area contributed by atoms with Crippen molar-refractivity contribution < 1.29 is 14.1 Å². The fourth-order valence-corrected chi connectivity index (χ4v) is 1.78. The van der Waals surface area contributed by atoms with Gasteiger partial charge in [0.2, 0.25) is 5.89 Å². The lowest BCUT2D eigenvalue weighted by molar-refractivity contribution is -0.384. The third-order valence-corrected chi connectivity index (χ3v) is 2.78. The van der Waals surface area contributed by atoms with Crippen molar-refractivity contribution in [2.75, 3.05) is 12.4 Å². The van der Waals surface area contributed by atoms with E-state index < -0.39 is 4.92 Å². The van der Waals surface area contributed by atoms with Crippen LogP contribution < -0.4 is 10.1 Å². The SMILES string of the molecule is COc1ccc([N+](=O)[O-])c(NC(C)c2ncc(C)o2)c1. The number of nitrogens with zero attached hydrogens (tertiary/aromatic N) is 2. The van der Waals surface area contributed by atoms with Gasteiger partial charge < -0.3 is 14.5 Å². The van der Waals surface area contributed by atoms with Crippen molar-refractivity contribution in [3.63, 3.8) is 0 Å². The van der Waals surface area contributed by atoms with E-state index in [0.717, 1.165) is 0 Å². The summed E-state index contributed by atoms with van der Waals surface area (Å²) in [6.45, 7) is 3.60. The van der Waals surface area contributed by atoms with Crippen LogP contribution in [0, 0.1) is 17.0 Å². The number of hydrogen-bond acceptors (Lipinski definition) is 6. The maximum absolute atomic E-state index is 11.0. The van der Waals surface area contributed by atoms with Gasteiger partial charge in [0.15, 0.2) is 0 Å². The number of methoxy groups -OCH3 is 1. The number of nitro groups is 1. The molecule has 20 heavy (non-hydrogen) atoms. The highest BCUT2D eigenvalue weighted by molar-refractivity contribution is 5.64. The van der Waals surface area contributed by atoms with Crippen LogP contribution in [-0.4, -0.2) is 17.0 Å². The number of anilines is 1. The third-order valence-electron chi connectivity index (χ3n) is 2.78. The van der Waals surface area contributed by atoms with Crippen LogP contribution in [-0.2, 0) is 0 Å². The Bertz CT molecular complexity index is 624. The summed E-state index contributed by atoms with van der Waals surface area (Å²) in [7, 11) is 1.51. The van der Waals surface area contributed by atoms with Gasteiger partial charge in [-0.05, 0) is 19.9 Å². The number of aryl methyl sites for hydroxylation is 1. The van der Waals surface area contributed by atoms with Crippen molar-refractivity contribution in [3.05, 3.63) is 46.2 Å². The number of nitro benzene ring substituents is 1. The molecule has 1 atom stereocenters. The van der Waals surface area contributed by atoms with Crippen LogP contribution in [0.5, 0.6) is 5.75 Å². The fourth-order valence-electron chi connectivity index (χ4n) is 1.78. The second-order valence-corrected chi connectivity index (χ2v) is 4.32. The van der Waals surface area contributed by atoms with Gasteiger partial charge in [-0.15, -0.1) is 0 Å². The first-order valence-corrected chi connectivity index (χ1v) is 6.02. The normalized spacial score (nSPS) is 11.9. The monoisotopic (exact) mass is 277 g/mol. The average Bonchev–Trinajstić information content (AvgIpc) is 2.85. The predicted molar refractivity (Wildman–Crippen MR) is 72.9 cm³/mol. The summed E-state index contributed by atoms with van der Waals surface area (Å²) in [5.41, 5.74) is 0.332. The van der Waals surface area contributed by atoms with E-state index in [1.165, 1.54) is 13.2 Å². The topological polar surface area (TPSA) is 90.4 Å². The Hall–Kier alpha value is -2.57. The van der Waals surface area contributed by atoms with Crippen molar-refractivity contribution in [3.8, 4) is 5.75 Å². The zero-order valence-electron chi connectivity index (χ0n) is 11.4. The molecular formula is C13H15N3O4. The van der Waals surface area contributed by atoms with E-state index in [1.807, 2.05) is 6.92 Å². The lowest BCUT2D eigenvalue weighted by Crippen LogP contribution is -2.08. The van der Waals surface area contributed by atoms with E-state index in [1.54, 1.807) is 25.3 Å². The first-order valence-electron chi connectivity index (χ1n) is 6.02. The predicted octanol–water partition coefficient (Wildman–Crippen LogP) is 3.07. The van der Waals surface area contributed by atoms with Crippen LogP contribution in [0.3, 0.4) is 0 Å². The van der Waals surface area contributed by atoms with E-state index in [-0.39, 0.29) is 11.7 Å².